The molecule has 3 aromatic rings. The lowest BCUT2D eigenvalue weighted by Crippen LogP contribution is -2.48. The number of hydrogen-bond acceptors (Lipinski definition) is 4. The van der Waals surface area contributed by atoms with E-state index in [2.05, 4.69) is 47.5 Å². The Hall–Kier alpha value is -2.20. The van der Waals surface area contributed by atoms with E-state index in [1.165, 1.54) is 4.70 Å². The predicted molar refractivity (Wildman–Crippen MR) is 124 cm³/mol. The Bertz CT molecular complexity index is 1160. The lowest BCUT2D eigenvalue weighted by Gasteiger charge is -2.31. The van der Waals surface area contributed by atoms with Gasteiger partial charge in [-0.25, -0.2) is 0 Å². The molecule has 1 aliphatic rings. The van der Waals surface area contributed by atoms with Gasteiger partial charge in [0.15, 0.2) is 5.25 Å². The average molecular weight is 425 g/mol. The van der Waals surface area contributed by atoms with Crippen LogP contribution in [0.5, 0.6) is 5.75 Å². The molecule has 2 N–H and O–H groups in total. The van der Waals surface area contributed by atoms with Gasteiger partial charge in [0.05, 0.1) is 17.7 Å². The monoisotopic (exact) mass is 424 g/mol. The summed E-state index contributed by atoms with van der Waals surface area (Å²) in [5.41, 5.74) is 1.96. The highest BCUT2D eigenvalue weighted by Crippen LogP contribution is 2.39. The third-order valence-electron chi connectivity index (χ3n) is 5.08. The summed E-state index contributed by atoms with van der Waals surface area (Å²) >= 11 is 0.704. The molecule has 6 heteroatoms. The number of rotatable bonds is 3. The maximum Gasteiger partial charge on any atom is 0.169 e. The van der Waals surface area contributed by atoms with Crippen LogP contribution in [0.15, 0.2) is 30.3 Å². The van der Waals surface area contributed by atoms with Gasteiger partial charge in [0.25, 0.3) is 0 Å². The summed E-state index contributed by atoms with van der Waals surface area (Å²) < 4.78 is 20.7. The first-order chi connectivity index (χ1) is 13.9. The highest BCUT2D eigenvalue weighted by Gasteiger charge is 2.34. The summed E-state index contributed by atoms with van der Waals surface area (Å²) in [5.74, 6) is 7.85. The molecule has 0 radical (unpaired) electrons. The van der Waals surface area contributed by atoms with Crippen molar-refractivity contribution in [2.75, 3.05) is 5.75 Å². The minimum Gasteiger partial charge on any atom is -0.616 e. The molecule has 3 unspecified atom stereocenters. The summed E-state index contributed by atoms with van der Waals surface area (Å²) in [4.78, 5) is 0. The minimum atomic E-state index is -1.03. The summed E-state index contributed by atoms with van der Waals surface area (Å²) in [6.07, 6.45) is 0.0850. The summed E-state index contributed by atoms with van der Waals surface area (Å²) in [5, 5.41) is 13.4. The topological polar surface area (TPSA) is 68.2 Å². The first-order valence-electron chi connectivity index (χ1n) is 9.69. The molecule has 0 spiro atoms. The molecule has 1 aliphatic heterocycles. The molecule has 4 nitrogen and oxygen atoms in total. The summed E-state index contributed by atoms with van der Waals surface area (Å²) in [7, 11) is 0. The van der Waals surface area contributed by atoms with Gasteiger partial charge >= 0.3 is 0 Å². The molecular weight excluding hydrogens is 400 g/mol. The first kappa shape index (κ1) is 20.1. The van der Waals surface area contributed by atoms with Gasteiger partial charge in [-0.05, 0) is 68.7 Å². The number of benzene rings is 2. The van der Waals surface area contributed by atoms with Crippen molar-refractivity contribution in [1.82, 2.24) is 5.32 Å². The van der Waals surface area contributed by atoms with Crippen LogP contribution >= 0.6 is 11.3 Å². The Morgan fingerprint density at radius 2 is 2.00 bits per heavy atom. The second-order valence-electron chi connectivity index (χ2n) is 7.54. The number of ether oxygens (including phenoxy) is 1. The fraction of sp³-hybridized carbons (Fsp3) is 0.348. The van der Waals surface area contributed by atoms with Crippen LogP contribution in [-0.4, -0.2) is 27.5 Å². The van der Waals surface area contributed by atoms with Gasteiger partial charge in [0.1, 0.15) is 17.3 Å². The molecule has 1 saturated heterocycles. The molecule has 4 rings (SSSR count). The maximum atomic E-state index is 12.4. The minimum absolute atomic E-state index is 0.0850. The molecular formula is C23H24N2O2S2. The Morgan fingerprint density at radius 1 is 1.24 bits per heavy atom. The first-order valence-corrected chi connectivity index (χ1v) is 11.9. The van der Waals surface area contributed by atoms with E-state index >= 15 is 0 Å². The van der Waals surface area contributed by atoms with Crippen molar-refractivity contribution in [3.05, 3.63) is 41.5 Å². The molecule has 150 valence electrons. The molecule has 0 amide bonds. The van der Waals surface area contributed by atoms with Crippen molar-refractivity contribution in [2.24, 2.45) is 0 Å². The average Bonchev–Trinajstić information content (AvgIpc) is 3.02. The van der Waals surface area contributed by atoms with Gasteiger partial charge < -0.3 is 14.6 Å². The largest absolute Gasteiger partial charge is 0.616 e. The number of hydrogen-bond donors (Lipinski definition) is 2. The Morgan fingerprint density at radius 3 is 2.69 bits per heavy atom. The Balaban J connectivity index is 1.81. The van der Waals surface area contributed by atoms with Crippen molar-refractivity contribution in [1.29, 1.82) is 5.41 Å². The zero-order valence-electron chi connectivity index (χ0n) is 17.0. The fourth-order valence-electron chi connectivity index (χ4n) is 3.59. The van der Waals surface area contributed by atoms with Crippen LogP contribution in [0.1, 0.15) is 44.9 Å². The third kappa shape index (κ3) is 3.83. The van der Waals surface area contributed by atoms with Gasteiger partial charge in [0.2, 0.25) is 0 Å². The third-order valence-corrected chi connectivity index (χ3v) is 7.90. The lowest BCUT2D eigenvalue weighted by molar-refractivity contribution is 0.242. The van der Waals surface area contributed by atoms with Crippen LogP contribution in [0.4, 0.5) is 0 Å². The van der Waals surface area contributed by atoms with Gasteiger partial charge in [0, 0.05) is 20.2 Å². The number of thiophene rings is 1. The van der Waals surface area contributed by atoms with E-state index in [4.69, 9.17) is 10.1 Å². The van der Waals surface area contributed by atoms with Crippen molar-refractivity contribution in [2.45, 2.75) is 45.1 Å². The number of fused-ring (bicyclic) bond motifs is 3. The molecule has 29 heavy (non-hydrogen) atoms. The lowest BCUT2D eigenvalue weighted by atomic mass is 10.0. The standard InChI is InChI=1S/C23H24N2O2S2/c1-5-6-16-10-18-17-9-15(19-12-29(26)14(4)23(24)25-19)7-8-21(17)28-22(18)11-20(16)27-13(2)3/h7-11,13-14,19H,12H2,1-4H3,(H2,24,25). The Labute approximate surface area is 178 Å². The van der Waals surface area contributed by atoms with Crippen LogP contribution < -0.4 is 10.1 Å². The van der Waals surface area contributed by atoms with E-state index in [9.17, 15) is 4.55 Å². The second kappa shape index (κ2) is 7.91. The van der Waals surface area contributed by atoms with Gasteiger partial charge in [-0.1, -0.05) is 12.0 Å². The van der Waals surface area contributed by atoms with E-state index < -0.39 is 11.2 Å². The molecule has 2 aromatic carbocycles. The SMILES string of the molecule is CC#Cc1cc2c(cc1OC(C)C)sc1ccc(C3C[S+]([O-])C(C)C(=N)N3)cc12. The van der Waals surface area contributed by atoms with Crippen molar-refractivity contribution in [3.63, 3.8) is 0 Å². The highest BCUT2D eigenvalue weighted by molar-refractivity contribution is 7.92. The molecule has 1 aromatic heterocycles. The molecule has 1 fully saturated rings. The van der Waals surface area contributed by atoms with Crippen molar-refractivity contribution < 1.29 is 9.29 Å². The number of nitrogens with one attached hydrogen (secondary N) is 2. The van der Waals surface area contributed by atoms with E-state index in [1.54, 1.807) is 11.3 Å². The number of amidine groups is 1. The van der Waals surface area contributed by atoms with Crippen molar-refractivity contribution >= 4 is 48.5 Å². The normalized spacial score (nSPS) is 21.9. The smallest absolute Gasteiger partial charge is 0.169 e. The predicted octanol–water partition coefficient (Wildman–Crippen LogP) is 4.97. The Kier molecular flexibility index (Phi) is 5.48. The van der Waals surface area contributed by atoms with Crippen molar-refractivity contribution in [3.8, 4) is 17.6 Å². The van der Waals surface area contributed by atoms with E-state index in [-0.39, 0.29) is 17.4 Å². The van der Waals surface area contributed by atoms with E-state index in [1.807, 2.05) is 27.7 Å². The quantitative estimate of drug-likeness (QED) is 0.461. The molecule has 0 bridgehead atoms. The molecule has 0 aliphatic carbocycles. The zero-order valence-corrected chi connectivity index (χ0v) is 18.6. The van der Waals surface area contributed by atoms with Crippen LogP contribution in [0, 0.1) is 17.3 Å². The zero-order chi connectivity index (χ0) is 20.7. The van der Waals surface area contributed by atoms with Crippen LogP contribution in [-0.2, 0) is 11.2 Å². The van der Waals surface area contributed by atoms with Gasteiger partial charge in [-0.2, -0.15) is 0 Å². The van der Waals surface area contributed by atoms with Gasteiger partial charge in [-0.3, -0.25) is 5.41 Å². The van der Waals surface area contributed by atoms with Gasteiger partial charge in [-0.15, -0.1) is 17.3 Å². The molecule has 0 saturated carbocycles. The second-order valence-corrected chi connectivity index (χ2v) is 10.4. The maximum absolute atomic E-state index is 12.4. The summed E-state index contributed by atoms with van der Waals surface area (Å²) in [6, 6.07) is 10.5. The van der Waals surface area contributed by atoms with Crippen LogP contribution in [0.3, 0.4) is 0 Å². The molecule has 3 atom stereocenters. The van der Waals surface area contributed by atoms with E-state index in [0.29, 0.717) is 11.6 Å². The summed E-state index contributed by atoms with van der Waals surface area (Å²) in [6.45, 7) is 7.70. The highest BCUT2D eigenvalue weighted by atomic mass is 32.2. The van der Waals surface area contributed by atoms with Crippen LogP contribution in [0.2, 0.25) is 0 Å². The van der Waals surface area contributed by atoms with E-state index in [0.717, 1.165) is 32.3 Å². The fourth-order valence-corrected chi connectivity index (χ4v) is 5.91. The van der Waals surface area contributed by atoms with Crippen LogP contribution in [0.25, 0.3) is 20.2 Å². The molecule has 2 heterocycles.